The number of benzene rings is 1. The Labute approximate surface area is 120 Å². The average Bonchev–Trinajstić information content (AvgIpc) is 2.89. The highest BCUT2D eigenvalue weighted by atomic mass is 16.5. The van der Waals surface area contributed by atoms with Crippen LogP contribution in [0.1, 0.15) is 18.4 Å². The van der Waals surface area contributed by atoms with E-state index in [1.165, 1.54) is 12.0 Å². The maximum atomic E-state index is 5.76. The Morgan fingerprint density at radius 3 is 3.10 bits per heavy atom. The van der Waals surface area contributed by atoms with Gasteiger partial charge in [-0.15, -0.1) is 0 Å². The third-order valence-electron chi connectivity index (χ3n) is 3.91. The Balaban J connectivity index is 1.41. The van der Waals surface area contributed by atoms with Crippen LogP contribution in [0.3, 0.4) is 0 Å². The molecule has 2 aliphatic heterocycles. The van der Waals surface area contributed by atoms with Crippen LogP contribution < -0.4 is 4.74 Å². The molecule has 0 spiro atoms. The predicted molar refractivity (Wildman–Crippen MR) is 77.0 cm³/mol. The molecule has 0 N–H and O–H groups in total. The van der Waals surface area contributed by atoms with Crippen molar-refractivity contribution in [1.29, 1.82) is 0 Å². The maximum Gasteiger partial charge on any atom is 0.123 e. The normalized spacial score (nSPS) is 23.1. The summed E-state index contributed by atoms with van der Waals surface area (Å²) < 4.78 is 17.1. The molecule has 4 heteroatoms. The number of ether oxygens (including phenoxy) is 3. The van der Waals surface area contributed by atoms with Crippen molar-refractivity contribution in [3.63, 3.8) is 0 Å². The average molecular weight is 277 g/mol. The molecule has 0 bridgehead atoms. The van der Waals surface area contributed by atoms with Gasteiger partial charge in [-0.3, -0.25) is 4.90 Å². The van der Waals surface area contributed by atoms with Gasteiger partial charge in [0.2, 0.25) is 0 Å². The van der Waals surface area contributed by atoms with E-state index in [-0.39, 0.29) is 0 Å². The van der Waals surface area contributed by atoms with Gasteiger partial charge in [0.1, 0.15) is 12.4 Å². The van der Waals surface area contributed by atoms with Crippen LogP contribution in [0.25, 0.3) is 0 Å². The van der Waals surface area contributed by atoms with Gasteiger partial charge in [0, 0.05) is 31.8 Å². The molecule has 20 heavy (non-hydrogen) atoms. The molecule has 1 saturated heterocycles. The second kappa shape index (κ2) is 7.07. The summed E-state index contributed by atoms with van der Waals surface area (Å²) in [5.41, 5.74) is 1.27. The first kappa shape index (κ1) is 13.9. The summed E-state index contributed by atoms with van der Waals surface area (Å²) in [7, 11) is 0. The van der Waals surface area contributed by atoms with E-state index < -0.39 is 0 Å². The number of hydrogen-bond acceptors (Lipinski definition) is 4. The highest BCUT2D eigenvalue weighted by Crippen LogP contribution is 2.22. The molecule has 0 amide bonds. The quantitative estimate of drug-likeness (QED) is 0.771. The summed E-state index contributed by atoms with van der Waals surface area (Å²) in [6.45, 7) is 6.00. The van der Waals surface area contributed by atoms with E-state index in [2.05, 4.69) is 17.0 Å². The Bertz CT molecular complexity index is 418. The fourth-order valence-electron chi connectivity index (χ4n) is 2.75. The molecule has 0 saturated carbocycles. The first-order chi connectivity index (χ1) is 9.92. The molecule has 1 aromatic rings. The Kier molecular flexibility index (Phi) is 4.90. The van der Waals surface area contributed by atoms with Gasteiger partial charge in [0.15, 0.2) is 0 Å². The summed E-state index contributed by atoms with van der Waals surface area (Å²) in [6.07, 6.45) is 2.64. The molecule has 1 fully saturated rings. The second-order valence-electron chi connectivity index (χ2n) is 5.44. The van der Waals surface area contributed by atoms with Crippen molar-refractivity contribution in [2.45, 2.75) is 25.5 Å². The fraction of sp³-hybridized carbons (Fsp3) is 0.625. The lowest BCUT2D eigenvalue weighted by atomic mass is 10.2. The largest absolute Gasteiger partial charge is 0.492 e. The number of hydrogen-bond donors (Lipinski definition) is 0. The van der Waals surface area contributed by atoms with Gasteiger partial charge in [-0.05, 0) is 18.9 Å². The van der Waals surface area contributed by atoms with Crippen molar-refractivity contribution in [3.8, 4) is 5.75 Å². The summed E-state index contributed by atoms with van der Waals surface area (Å²) in [5.74, 6) is 1.02. The van der Waals surface area contributed by atoms with Crippen molar-refractivity contribution in [2.24, 2.45) is 0 Å². The van der Waals surface area contributed by atoms with E-state index in [0.29, 0.717) is 6.10 Å². The summed E-state index contributed by atoms with van der Waals surface area (Å²) in [6, 6.07) is 8.28. The molecule has 4 nitrogen and oxygen atoms in total. The van der Waals surface area contributed by atoms with Crippen LogP contribution in [0.4, 0.5) is 0 Å². The molecule has 2 heterocycles. The highest BCUT2D eigenvalue weighted by molar-refractivity contribution is 5.33. The van der Waals surface area contributed by atoms with E-state index in [1.54, 1.807) is 0 Å². The minimum atomic E-state index is 0.322. The molecule has 0 aromatic heterocycles. The van der Waals surface area contributed by atoms with E-state index in [0.717, 1.165) is 58.2 Å². The van der Waals surface area contributed by atoms with Crippen LogP contribution in [0.2, 0.25) is 0 Å². The van der Waals surface area contributed by atoms with Crippen LogP contribution in [0.5, 0.6) is 5.75 Å². The molecule has 110 valence electrons. The smallest absolute Gasteiger partial charge is 0.123 e. The van der Waals surface area contributed by atoms with Gasteiger partial charge >= 0.3 is 0 Å². The van der Waals surface area contributed by atoms with Gasteiger partial charge in [0.05, 0.1) is 19.3 Å². The minimum absolute atomic E-state index is 0.322. The molecule has 1 aromatic carbocycles. The lowest BCUT2D eigenvalue weighted by molar-refractivity contribution is 0.00960. The topological polar surface area (TPSA) is 30.9 Å². The van der Waals surface area contributed by atoms with Gasteiger partial charge in [-0.2, -0.15) is 0 Å². The van der Waals surface area contributed by atoms with E-state index in [9.17, 15) is 0 Å². The molecule has 0 unspecified atom stereocenters. The zero-order valence-corrected chi connectivity index (χ0v) is 11.9. The molecule has 2 aliphatic rings. The summed E-state index contributed by atoms with van der Waals surface area (Å²) in [5, 5.41) is 0. The van der Waals surface area contributed by atoms with Crippen molar-refractivity contribution in [1.82, 2.24) is 4.90 Å². The van der Waals surface area contributed by atoms with Gasteiger partial charge < -0.3 is 14.2 Å². The fourth-order valence-corrected chi connectivity index (χ4v) is 2.75. The Hall–Kier alpha value is -1.10. The first-order valence-corrected chi connectivity index (χ1v) is 7.54. The Morgan fingerprint density at radius 1 is 1.25 bits per heavy atom. The third kappa shape index (κ3) is 3.72. The number of para-hydroxylation sites is 1. The number of fused-ring (bicyclic) bond motifs is 1. The van der Waals surface area contributed by atoms with Gasteiger partial charge in [0.25, 0.3) is 0 Å². The van der Waals surface area contributed by atoms with Gasteiger partial charge in [-0.25, -0.2) is 0 Å². The monoisotopic (exact) mass is 277 g/mol. The van der Waals surface area contributed by atoms with Gasteiger partial charge in [-0.1, -0.05) is 18.2 Å². The third-order valence-corrected chi connectivity index (χ3v) is 3.91. The summed E-state index contributed by atoms with van der Waals surface area (Å²) >= 11 is 0. The van der Waals surface area contributed by atoms with E-state index in [4.69, 9.17) is 14.2 Å². The molecular formula is C16H23NO3. The SMILES string of the molecule is c1ccc2c(c1)CN(CCOC[C@@H]1CCCO1)CCO2. The predicted octanol–water partition coefficient (Wildman–Crippen LogP) is 2.08. The molecule has 0 radical (unpaired) electrons. The van der Waals surface area contributed by atoms with Crippen LogP contribution >= 0.6 is 0 Å². The highest BCUT2D eigenvalue weighted by Gasteiger charge is 2.17. The Morgan fingerprint density at radius 2 is 2.20 bits per heavy atom. The zero-order chi connectivity index (χ0) is 13.6. The minimum Gasteiger partial charge on any atom is -0.492 e. The molecule has 1 atom stereocenters. The van der Waals surface area contributed by atoms with Crippen LogP contribution in [-0.4, -0.2) is 50.5 Å². The van der Waals surface area contributed by atoms with Crippen LogP contribution in [0.15, 0.2) is 24.3 Å². The van der Waals surface area contributed by atoms with Crippen molar-refractivity contribution >= 4 is 0 Å². The first-order valence-electron chi connectivity index (χ1n) is 7.54. The standard InChI is InChI=1S/C16H23NO3/c1-2-6-16-14(4-1)12-17(8-11-20-16)7-10-18-13-15-5-3-9-19-15/h1-2,4,6,15H,3,5,7-13H2/t15-/m0/s1. The van der Waals surface area contributed by atoms with Crippen molar-refractivity contribution in [3.05, 3.63) is 29.8 Å². The van der Waals surface area contributed by atoms with Crippen LogP contribution in [0, 0.1) is 0 Å². The van der Waals surface area contributed by atoms with Crippen LogP contribution in [-0.2, 0) is 16.0 Å². The molecule has 0 aliphatic carbocycles. The molecular weight excluding hydrogens is 254 g/mol. The number of nitrogens with zero attached hydrogens (tertiary/aromatic N) is 1. The second-order valence-corrected chi connectivity index (χ2v) is 5.44. The maximum absolute atomic E-state index is 5.76. The van der Waals surface area contributed by atoms with Crippen molar-refractivity contribution < 1.29 is 14.2 Å². The zero-order valence-electron chi connectivity index (χ0n) is 11.9. The lowest BCUT2D eigenvalue weighted by Crippen LogP contribution is -2.30. The lowest BCUT2D eigenvalue weighted by Gasteiger charge is -2.19. The van der Waals surface area contributed by atoms with E-state index in [1.807, 2.05) is 12.1 Å². The number of rotatable bonds is 5. The van der Waals surface area contributed by atoms with Crippen molar-refractivity contribution in [2.75, 3.05) is 39.5 Å². The summed E-state index contributed by atoms with van der Waals surface area (Å²) in [4.78, 5) is 2.39. The molecule has 3 rings (SSSR count). The van der Waals surface area contributed by atoms with E-state index >= 15 is 0 Å².